The maximum absolute atomic E-state index is 5.75. The van der Waals surface area contributed by atoms with E-state index in [2.05, 4.69) is 30.7 Å². The minimum absolute atomic E-state index is 0. The summed E-state index contributed by atoms with van der Waals surface area (Å²) in [4.78, 5) is 0. The first-order valence-corrected chi connectivity index (χ1v) is 13.4. The molecule has 6 rings (SSSR count). The van der Waals surface area contributed by atoms with E-state index in [0.29, 0.717) is 0 Å². The average Bonchev–Trinajstić information content (AvgIpc) is 3.13. The van der Waals surface area contributed by atoms with E-state index in [0.717, 1.165) is 34.1 Å². The van der Waals surface area contributed by atoms with Crippen molar-refractivity contribution in [3.05, 3.63) is 212 Å². The SMILES string of the molecule is [3H]C.[CH3-].[CH3-].[CH3-].[CH3-].[U].[U].[V].[V].c1ccc(N=Nc2ccccc2)cc1.c1ccc(N=Nc2ccccc2)cc1.c1ccc(N=Nc2ccccc2)cc1. The number of hydrogen-bond donors (Lipinski definition) is 0. The molecular weight excluding hydrogens is 1150 g/mol. The molecule has 0 saturated heterocycles. The molecule has 51 heavy (non-hydrogen) atoms. The van der Waals surface area contributed by atoms with Crippen LogP contribution in [-0.2, 0) is 37.1 Å². The largest absolute Gasteiger partial charge is 0.358 e. The number of hydrogen-bond acceptors (Lipinski definition) is 6. The van der Waals surface area contributed by atoms with Crippen LogP contribution in [0.15, 0.2) is 213 Å². The van der Waals surface area contributed by atoms with Gasteiger partial charge >= 0.3 is 0 Å². The molecule has 0 bridgehead atoms. The second-order valence-corrected chi connectivity index (χ2v) is 8.61. The van der Waals surface area contributed by atoms with Gasteiger partial charge in [-0.3, -0.25) is 0 Å². The van der Waals surface area contributed by atoms with Crippen LogP contribution in [0.2, 0.25) is 0 Å². The molecule has 0 fully saturated rings. The van der Waals surface area contributed by atoms with Crippen molar-refractivity contribution in [1.29, 1.82) is 0 Å². The van der Waals surface area contributed by atoms with Crippen molar-refractivity contribution in [2.45, 2.75) is 7.40 Å². The van der Waals surface area contributed by atoms with Crippen molar-refractivity contribution in [2.24, 2.45) is 30.7 Å². The molecular formula is C41H46N6U2V2-4. The summed E-state index contributed by atoms with van der Waals surface area (Å²) >= 11 is 0. The van der Waals surface area contributed by atoms with Crippen LogP contribution in [0.25, 0.3) is 0 Å². The van der Waals surface area contributed by atoms with Gasteiger partial charge in [0.15, 0.2) is 0 Å². The first-order chi connectivity index (χ1) is 21.8. The van der Waals surface area contributed by atoms with Gasteiger partial charge in [0, 0.05) is 101 Å². The second kappa shape index (κ2) is 38.6. The van der Waals surface area contributed by atoms with Gasteiger partial charge in [0.2, 0.25) is 0 Å². The molecule has 0 spiro atoms. The number of azo groups is 3. The Morgan fingerprint density at radius 2 is 0.353 bits per heavy atom. The van der Waals surface area contributed by atoms with E-state index in [-0.39, 0.29) is 129 Å². The summed E-state index contributed by atoms with van der Waals surface area (Å²) in [6.07, 6.45) is 0. The molecule has 0 N–H and O–H groups in total. The number of rotatable bonds is 6. The van der Waals surface area contributed by atoms with Gasteiger partial charge in [-0.1, -0.05) is 117 Å². The van der Waals surface area contributed by atoms with Crippen LogP contribution in [0.3, 0.4) is 0 Å². The van der Waals surface area contributed by atoms with Crippen molar-refractivity contribution in [3.63, 3.8) is 0 Å². The normalized spacial score (nSPS) is 8.84. The molecule has 0 amide bonds. The van der Waals surface area contributed by atoms with Crippen LogP contribution in [0.1, 0.15) is 8.77 Å². The van der Waals surface area contributed by atoms with Gasteiger partial charge in [0.05, 0.1) is 34.1 Å². The van der Waals surface area contributed by atoms with Crippen molar-refractivity contribution in [2.75, 3.05) is 0 Å². The van der Waals surface area contributed by atoms with Crippen LogP contribution >= 0.6 is 0 Å². The molecule has 6 nitrogen and oxygen atoms in total. The summed E-state index contributed by atoms with van der Waals surface area (Å²) in [5, 5.41) is 24.6. The molecule has 0 heterocycles. The molecule has 10 heteroatoms. The average molecular weight is 1200 g/mol. The van der Waals surface area contributed by atoms with Crippen LogP contribution in [0.4, 0.5) is 34.1 Å². The molecule has 0 aliphatic carbocycles. The van der Waals surface area contributed by atoms with Crippen LogP contribution < -0.4 is 0 Å². The quantitative estimate of drug-likeness (QED) is 0.118. The maximum atomic E-state index is 5.75. The molecule has 0 saturated carbocycles. The third-order valence-electron chi connectivity index (χ3n) is 5.38. The zero-order chi connectivity index (χ0) is 30.9. The van der Waals surface area contributed by atoms with Gasteiger partial charge in [0.25, 0.3) is 0 Å². The molecule has 2 radical (unpaired) electrons. The first kappa shape index (κ1) is 57.7. The van der Waals surface area contributed by atoms with E-state index in [1.807, 2.05) is 182 Å². The fourth-order valence-corrected chi connectivity index (χ4v) is 3.31. The van der Waals surface area contributed by atoms with Gasteiger partial charge in [0.1, 0.15) is 0 Å². The Hall–Kier alpha value is -2.61. The van der Waals surface area contributed by atoms with E-state index in [1.54, 1.807) is 0 Å². The Bertz CT molecular complexity index is 1330. The predicted molar refractivity (Wildman–Crippen MR) is 204 cm³/mol. The number of nitrogens with zero attached hydrogens (tertiary/aromatic N) is 6. The Morgan fingerprint density at radius 1 is 0.255 bits per heavy atom. The summed E-state index contributed by atoms with van der Waals surface area (Å²) < 4.78 is 5.75. The van der Waals surface area contributed by atoms with Crippen molar-refractivity contribution >= 4 is 34.1 Å². The molecule has 0 aromatic heterocycles. The fourth-order valence-electron chi connectivity index (χ4n) is 3.31. The summed E-state index contributed by atoms with van der Waals surface area (Å²) in [7, 11) is 1.25. The number of benzene rings is 6. The summed E-state index contributed by atoms with van der Waals surface area (Å²) in [5.41, 5.74) is 5.23. The van der Waals surface area contributed by atoms with Crippen LogP contribution in [0, 0.1) is 91.9 Å². The Labute approximate surface area is 380 Å². The van der Waals surface area contributed by atoms with Gasteiger partial charge in [-0.2, -0.15) is 30.7 Å². The third kappa shape index (κ3) is 26.8. The van der Waals surface area contributed by atoms with Crippen molar-refractivity contribution < 1.29 is 101 Å². The van der Waals surface area contributed by atoms with Gasteiger partial charge in [-0.15, -0.1) is 0 Å². The van der Waals surface area contributed by atoms with Crippen LogP contribution in [0.5, 0.6) is 0 Å². The molecule has 0 atom stereocenters. The second-order valence-electron chi connectivity index (χ2n) is 8.61. The minimum Gasteiger partial charge on any atom is -0.358 e. The molecule has 6 aromatic carbocycles. The Balaban J connectivity index is -0.000000138. The van der Waals surface area contributed by atoms with E-state index in [9.17, 15) is 0 Å². The Kier molecular flexibility index (Phi) is 43.7. The van der Waals surface area contributed by atoms with Gasteiger partial charge < -0.3 is 29.7 Å². The van der Waals surface area contributed by atoms with Crippen LogP contribution in [-0.4, -0.2) is 0 Å². The molecule has 0 aliphatic heterocycles. The summed E-state index contributed by atoms with van der Waals surface area (Å²) in [5.74, 6) is 0. The smallest absolute Gasteiger partial charge is 0.0857 e. The zero-order valence-electron chi connectivity index (χ0n) is 30.9. The van der Waals surface area contributed by atoms with E-state index >= 15 is 0 Å². The molecule has 0 unspecified atom stereocenters. The minimum atomic E-state index is 0. The van der Waals surface area contributed by atoms with E-state index in [1.165, 1.54) is 7.40 Å². The van der Waals surface area contributed by atoms with Gasteiger partial charge in [-0.25, -0.2) is 0 Å². The standard InChI is InChI=1S/3C12H10N2.CH4.4CH3.2U.2V/c3*1-3-7-11(8-4-1)13-14-12-9-5-2-6-10-12;;;;;;;;;/h3*1-10H;1H4;4*1H3;;;;/q;;;;4*-1;;;;/i;;;1T;;;;;;;;. The van der Waals surface area contributed by atoms with E-state index < -0.39 is 0 Å². The van der Waals surface area contributed by atoms with Crippen molar-refractivity contribution in [3.8, 4) is 0 Å². The predicted octanol–water partition coefficient (Wildman–Crippen LogP) is 14.7. The molecule has 262 valence electrons. The zero-order valence-corrected chi connectivity index (χ0v) is 41.0. The van der Waals surface area contributed by atoms with Crippen molar-refractivity contribution in [1.82, 2.24) is 0 Å². The fraction of sp³-hybridized carbons (Fsp3) is 0.0244. The molecule has 6 aromatic rings. The Morgan fingerprint density at radius 3 is 0.451 bits per heavy atom. The maximum Gasteiger partial charge on any atom is 0.0857 e. The summed E-state index contributed by atoms with van der Waals surface area (Å²) in [6, 6.07) is 58.2. The monoisotopic (exact) mass is 1200 g/mol. The van der Waals surface area contributed by atoms with Gasteiger partial charge in [-0.05, 0) is 72.8 Å². The summed E-state index contributed by atoms with van der Waals surface area (Å²) in [6.45, 7) is 0. The third-order valence-corrected chi connectivity index (χ3v) is 5.38. The van der Waals surface area contributed by atoms with E-state index in [4.69, 9.17) is 1.37 Å². The molecule has 0 aliphatic rings. The topological polar surface area (TPSA) is 74.2 Å². The first-order valence-electron chi connectivity index (χ1n) is 14.4.